The molecular weight excluding hydrogens is 316 g/mol. The summed E-state index contributed by atoms with van der Waals surface area (Å²) in [4.78, 5) is 0.264. The van der Waals surface area contributed by atoms with Crippen LogP contribution in [0.2, 0.25) is 0 Å². The van der Waals surface area contributed by atoms with E-state index in [1.165, 1.54) is 0 Å². The third kappa shape index (κ3) is 3.08. The maximum atomic E-state index is 12.4. The number of imidazole rings is 1. The van der Waals surface area contributed by atoms with Crippen molar-refractivity contribution in [2.24, 2.45) is 0 Å². The van der Waals surface area contributed by atoms with Crippen LogP contribution in [0.15, 0.2) is 47.8 Å². The molecule has 0 radical (unpaired) electrons. The van der Waals surface area contributed by atoms with Gasteiger partial charge in [0.05, 0.1) is 18.2 Å². The normalized spacial score (nSPS) is 11.9. The van der Waals surface area contributed by atoms with E-state index in [4.69, 9.17) is 4.74 Å². The van der Waals surface area contributed by atoms with Crippen LogP contribution >= 0.6 is 0 Å². The molecule has 0 bridgehead atoms. The van der Waals surface area contributed by atoms with Crippen LogP contribution in [0.1, 0.15) is 5.56 Å². The third-order valence-corrected chi connectivity index (χ3v) is 5.27. The van der Waals surface area contributed by atoms with Gasteiger partial charge in [-0.25, -0.2) is 17.7 Å². The van der Waals surface area contributed by atoms with E-state index in [2.05, 4.69) is 9.82 Å². The highest BCUT2D eigenvalue weighted by Crippen LogP contribution is 2.20. The van der Waals surface area contributed by atoms with Gasteiger partial charge in [0, 0.05) is 31.5 Å². The molecule has 1 N–H and O–H groups in total. The second-order valence-corrected chi connectivity index (χ2v) is 6.89. The molecule has 0 saturated carbocycles. The lowest BCUT2D eigenvalue weighted by Gasteiger charge is -2.11. The highest BCUT2D eigenvalue weighted by molar-refractivity contribution is 7.89. The van der Waals surface area contributed by atoms with Gasteiger partial charge in [0.15, 0.2) is 0 Å². The number of aryl methyl sites for hydroxylation is 1. The monoisotopic (exact) mass is 334 g/mol. The molecule has 8 heteroatoms. The maximum Gasteiger partial charge on any atom is 0.240 e. The zero-order valence-corrected chi connectivity index (χ0v) is 13.7. The number of ether oxygens (including phenoxy) is 1. The van der Waals surface area contributed by atoms with Gasteiger partial charge in [0.25, 0.3) is 0 Å². The molecule has 0 aliphatic carbocycles. The Balaban J connectivity index is 1.70. The fourth-order valence-corrected chi connectivity index (χ4v) is 3.73. The van der Waals surface area contributed by atoms with Gasteiger partial charge in [-0.1, -0.05) is 0 Å². The molecule has 0 aliphatic heterocycles. The minimum Gasteiger partial charge on any atom is -0.497 e. The van der Waals surface area contributed by atoms with Crippen LogP contribution in [-0.4, -0.2) is 36.3 Å². The molecule has 0 fully saturated rings. The van der Waals surface area contributed by atoms with E-state index in [1.807, 2.05) is 23.0 Å². The minimum atomic E-state index is -3.55. The van der Waals surface area contributed by atoms with Gasteiger partial charge in [-0.15, -0.1) is 0 Å². The van der Waals surface area contributed by atoms with Gasteiger partial charge in [-0.2, -0.15) is 5.10 Å². The number of nitrogens with one attached hydrogen (secondary N) is 1. The second-order valence-electron chi connectivity index (χ2n) is 5.15. The van der Waals surface area contributed by atoms with E-state index in [0.29, 0.717) is 24.4 Å². The van der Waals surface area contributed by atoms with Crippen LogP contribution < -0.4 is 9.46 Å². The number of aromatic nitrogens is 3. The zero-order chi connectivity index (χ0) is 16.4. The van der Waals surface area contributed by atoms with Crippen molar-refractivity contribution >= 4 is 15.7 Å². The van der Waals surface area contributed by atoms with E-state index in [0.717, 1.165) is 5.65 Å². The summed E-state index contributed by atoms with van der Waals surface area (Å²) in [5, 5.41) is 4.12. The van der Waals surface area contributed by atoms with Crippen molar-refractivity contribution in [2.45, 2.75) is 18.4 Å². The molecule has 2 heterocycles. The van der Waals surface area contributed by atoms with Crippen LogP contribution in [0.25, 0.3) is 5.65 Å². The van der Waals surface area contributed by atoms with Crippen LogP contribution in [-0.2, 0) is 16.6 Å². The number of sulfonamides is 1. The zero-order valence-electron chi connectivity index (χ0n) is 12.9. The van der Waals surface area contributed by atoms with Crippen LogP contribution in [0.4, 0.5) is 0 Å². The number of benzene rings is 1. The first-order valence-electron chi connectivity index (χ1n) is 7.14. The van der Waals surface area contributed by atoms with Gasteiger partial charge in [0.1, 0.15) is 11.4 Å². The summed E-state index contributed by atoms with van der Waals surface area (Å²) in [5.41, 5.74) is 1.57. The summed E-state index contributed by atoms with van der Waals surface area (Å²) in [5.74, 6) is 0.636. The quantitative estimate of drug-likeness (QED) is 0.740. The lowest BCUT2D eigenvalue weighted by atomic mass is 10.2. The summed E-state index contributed by atoms with van der Waals surface area (Å²) in [6.07, 6.45) is 5.41. The molecule has 3 aromatic rings. The Kier molecular flexibility index (Phi) is 4.10. The number of nitrogens with zero attached hydrogens (tertiary/aromatic N) is 3. The highest BCUT2D eigenvalue weighted by atomic mass is 32.2. The van der Waals surface area contributed by atoms with Gasteiger partial charge in [-0.05, 0) is 30.7 Å². The summed E-state index contributed by atoms with van der Waals surface area (Å²) in [7, 11) is -2.00. The topological polar surface area (TPSA) is 77.6 Å². The van der Waals surface area contributed by atoms with Crippen LogP contribution in [0.3, 0.4) is 0 Å². The molecular formula is C15H18N4O3S. The Labute approximate surface area is 134 Å². The fourth-order valence-electron chi connectivity index (χ4n) is 2.49. The molecule has 1 aromatic carbocycles. The molecule has 2 aromatic heterocycles. The molecule has 0 saturated heterocycles. The van der Waals surface area contributed by atoms with Gasteiger partial charge in [0.2, 0.25) is 10.0 Å². The maximum absolute atomic E-state index is 12.4. The van der Waals surface area contributed by atoms with E-state index in [9.17, 15) is 8.42 Å². The van der Waals surface area contributed by atoms with E-state index < -0.39 is 10.0 Å². The van der Waals surface area contributed by atoms with Crippen molar-refractivity contribution < 1.29 is 13.2 Å². The smallest absolute Gasteiger partial charge is 0.240 e. The summed E-state index contributed by atoms with van der Waals surface area (Å²) in [6.45, 7) is 2.57. The Morgan fingerprint density at radius 1 is 1.26 bits per heavy atom. The molecule has 122 valence electrons. The fraction of sp³-hybridized carbons (Fsp3) is 0.267. The largest absolute Gasteiger partial charge is 0.497 e. The molecule has 0 amide bonds. The standard InChI is InChI=1S/C15H18N4O3S/c1-12-11-13(22-2)3-4-14(12)23(20,21)17-7-8-18-9-10-19-15(18)5-6-16-19/h3-6,9-11,17H,7-8H2,1-2H3. The minimum absolute atomic E-state index is 0.264. The lowest BCUT2D eigenvalue weighted by Crippen LogP contribution is -2.27. The summed E-state index contributed by atoms with van der Waals surface area (Å²) < 4.78 is 36.2. The van der Waals surface area contributed by atoms with E-state index in [-0.39, 0.29) is 4.90 Å². The lowest BCUT2D eigenvalue weighted by molar-refractivity contribution is 0.414. The number of rotatable bonds is 6. The van der Waals surface area contributed by atoms with Crippen molar-refractivity contribution in [2.75, 3.05) is 13.7 Å². The predicted molar refractivity (Wildman–Crippen MR) is 86.1 cm³/mol. The summed E-state index contributed by atoms with van der Waals surface area (Å²) >= 11 is 0. The Hall–Kier alpha value is -2.32. The van der Waals surface area contributed by atoms with Crippen molar-refractivity contribution in [3.8, 4) is 5.75 Å². The van der Waals surface area contributed by atoms with Crippen molar-refractivity contribution in [3.05, 3.63) is 48.4 Å². The van der Waals surface area contributed by atoms with E-state index >= 15 is 0 Å². The molecule has 23 heavy (non-hydrogen) atoms. The van der Waals surface area contributed by atoms with Gasteiger partial charge >= 0.3 is 0 Å². The number of methoxy groups -OCH3 is 1. The van der Waals surface area contributed by atoms with Crippen LogP contribution in [0, 0.1) is 6.92 Å². The SMILES string of the molecule is COc1ccc(S(=O)(=O)NCCn2ccn3nccc23)c(C)c1. The van der Waals surface area contributed by atoms with E-state index in [1.54, 1.807) is 42.9 Å². The molecule has 0 unspecified atom stereocenters. The first-order chi connectivity index (χ1) is 11.0. The Morgan fingerprint density at radius 3 is 2.83 bits per heavy atom. The average molecular weight is 334 g/mol. The second kappa shape index (κ2) is 6.05. The van der Waals surface area contributed by atoms with Crippen molar-refractivity contribution in [1.82, 2.24) is 18.9 Å². The number of fused-ring (bicyclic) bond motifs is 1. The summed E-state index contributed by atoms with van der Waals surface area (Å²) in [6, 6.07) is 6.78. The Bertz CT molecular complexity index is 927. The molecule has 3 rings (SSSR count). The molecule has 0 atom stereocenters. The highest BCUT2D eigenvalue weighted by Gasteiger charge is 2.16. The van der Waals surface area contributed by atoms with Crippen molar-refractivity contribution in [3.63, 3.8) is 0 Å². The predicted octanol–water partition coefficient (Wildman–Crippen LogP) is 1.43. The Morgan fingerprint density at radius 2 is 2.09 bits per heavy atom. The third-order valence-electron chi connectivity index (χ3n) is 3.65. The molecule has 7 nitrogen and oxygen atoms in total. The van der Waals surface area contributed by atoms with Gasteiger partial charge in [-0.3, -0.25) is 0 Å². The number of hydrogen-bond acceptors (Lipinski definition) is 4. The average Bonchev–Trinajstić information content (AvgIpc) is 3.11. The first-order valence-corrected chi connectivity index (χ1v) is 8.62. The molecule has 0 aliphatic rings. The first kappa shape index (κ1) is 15.6. The van der Waals surface area contributed by atoms with Crippen LogP contribution in [0.5, 0.6) is 5.75 Å². The van der Waals surface area contributed by atoms with Crippen molar-refractivity contribution in [1.29, 1.82) is 0 Å². The number of hydrogen-bond donors (Lipinski definition) is 1. The van der Waals surface area contributed by atoms with Gasteiger partial charge < -0.3 is 9.30 Å². The molecule has 0 spiro atoms.